The quantitative estimate of drug-likeness (QED) is 0.834. The van der Waals surface area contributed by atoms with Crippen LogP contribution in [0.3, 0.4) is 0 Å². The first-order valence-corrected chi connectivity index (χ1v) is 9.34. The summed E-state index contributed by atoms with van der Waals surface area (Å²) in [5, 5.41) is 3.13. The summed E-state index contributed by atoms with van der Waals surface area (Å²) in [6.45, 7) is 13.7. The summed E-state index contributed by atoms with van der Waals surface area (Å²) in [6.07, 6.45) is 1.92. The van der Waals surface area contributed by atoms with Crippen molar-refractivity contribution >= 4 is 11.6 Å². The standard InChI is InChI=1S/C20H33N3O/c1-5-17(3)20(24)21-18(4)9-10-22-11-13-23(14-12-22)19-8-6-7-16(2)15-19/h6-8,15,17-18H,5,9-14H2,1-4H3,(H,21,24). The number of rotatable bonds is 7. The third kappa shape index (κ3) is 5.52. The van der Waals surface area contributed by atoms with Gasteiger partial charge >= 0.3 is 0 Å². The van der Waals surface area contributed by atoms with Gasteiger partial charge in [0.15, 0.2) is 0 Å². The first kappa shape index (κ1) is 18.8. The summed E-state index contributed by atoms with van der Waals surface area (Å²) in [5.41, 5.74) is 2.66. The van der Waals surface area contributed by atoms with E-state index in [9.17, 15) is 4.79 Å². The molecule has 1 saturated heterocycles. The number of carbonyl (C=O) groups excluding carboxylic acids is 1. The van der Waals surface area contributed by atoms with Crippen LogP contribution in [0.4, 0.5) is 5.69 Å². The van der Waals surface area contributed by atoms with Gasteiger partial charge in [0.1, 0.15) is 0 Å². The van der Waals surface area contributed by atoms with Crippen LogP contribution in [-0.2, 0) is 4.79 Å². The molecule has 2 atom stereocenters. The normalized spacial score (nSPS) is 18.2. The van der Waals surface area contributed by atoms with Gasteiger partial charge in [0.2, 0.25) is 5.91 Å². The van der Waals surface area contributed by atoms with E-state index in [0.29, 0.717) is 0 Å². The van der Waals surface area contributed by atoms with Gasteiger partial charge in [0.05, 0.1) is 0 Å². The minimum absolute atomic E-state index is 0.116. The van der Waals surface area contributed by atoms with Gasteiger partial charge in [-0.1, -0.05) is 26.0 Å². The molecule has 1 heterocycles. The summed E-state index contributed by atoms with van der Waals surface area (Å²) >= 11 is 0. The maximum Gasteiger partial charge on any atom is 0.223 e. The zero-order valence-electron chi connectivity index (χ0n) is 15.7. The zero-order valence-corrected chi connectivity index (χ0v) is 15.7. The average Bonchev–Trinajstić information content (AvgIpc) is 2.59. The van der Waals surface area contributed by atoms with Crippen LogP contribution in [0.25, 0.3) is 0 Å². The molecule has 1 aliphatic heterocycles. The Balaban J connectivity index is 1.70. The highest BCUT2D eigenvalue weighted by molar-refractivity contribution is 5.78. The van der Waals surface area contributed by atoms with Crippen LogP contribution in [0.1, 0.15) is 39.2 Å². The molecular weight excluding hydrogens is 298 g/mol. The van der Waals surface area contributed by atoms with E-state index in [1.807, 2.05) is 6.92 Å². The van der Waals surface area contributed by atoms with Crippen LogP contribution in [-0.4, -0.2) is 49.6 Å². The van der Waals surface area contributed by atoms with Crippen molar-refractivity contribution in [1.82, 2.24) is 10.2 Å². The van der Waals surface area contributed by atoms with E-state index >= 15 is 0 Å². The predicted molar refractivity (Wildman–Crippen MR) is 102 cm³/mol. The Kier molecular flexibility index (Phi) is 7.10. The SMILES string of the molecule is CCC(C)C(=O)NC(C)CCN1CCN(c2cccc(C)c2)CC1. The number of aryl methyl sites for hydroxylation is 1. The van der Waals surface area contributed by atoms with Gasteiger partial charge in [-0.3, -0.25) is 9.69 Å². The number of piperazine rings is 1. The summed E-state index contributed by atoms with van der Waals surface area (Å²) in [5.74, 6) is 0.305. The highest BCUT2D eigenvalue weighted by Gasteiger charge is 2.18. The van der Waals surface area contributed by atoms with Gasteiger partial charge in [-0.05, 0) is 44.4 Å². The van der Waals surface area contributed by atoms with Gasteiger partial charge < -0.3 is 10.2 Å². The Morgan fingerprint density at radius 3 is 2.54 bits per heavy atom. The summed E-state index contributed by atoms with van der Waals surface area (Å²) < 4.78 is 0. The van der Waals surface area contributed by atoms with Crippen LogP contribution < -0.4 is 10.2 Å². The van der Waals surface area contributed by atoms with Crippen molar-refractivity contribution in [1.29, 1.82) is 0 Å². The molecule has 2 rings (SSSR count). The van der Waals surface area contributed by atoms with Crippen molar-refractivity contribution in [2.24, 2.45) is 5.92 Å². The molecule has 1 aromatic carbocycles. The Hall–Kier alpha value is -1.55. The molecule has 2 unspecified atom stereocenters. The Labute approximate surface area is 147 Å². The topological polar surface area (TPSA) is 35.6 Å². The molecule has 0 aromatic heterocycles. The molecule has 4 nitrogen and oxygen atoms in total. The second-order valence-electron chi connectivity index (χ2n) is 7.18. The number of amides is 1. The molecule has 134 valence electrons. The number of nitrogens with zero attached hydrogens (tertiary/aromatic N) is 2. The van der Waals surface area contributed by atoms with Crippen molar-refractivity contribution in [3.05, 3.63) is 29.8 Å². The highest BCUT2D eigenvalue weighted by atomic mass is 16.1. The Morgan fingerprint density at radius 1 is 1.21 bits per heavy atom. The van der Waals surface area contributed by atoms with Crippen LogP contribution in [0.2, 0.25) is 0 Å². The largest absolute Gasteiger partial charge is 0.369 e. The lowest BCUT2D eigenvalue weighted by molar-refractivity contribution is -0.125. The minimum Gasteiger partial charge on any atom is -0.369 e. The summed E-state index contributed by atoms with van der Waals surface area (Å²) in [4.78, 5) is 16.9. The van der Waals surface area contributed by atoms with E-state index in [1.54, 1.807) is 0 Å². The van der Waals surface area contributed by atoms with E-state index in [4.69, 9.17) is 0 Å². The van der Waals surface area contributed by atoms with Gasteiger partial charge in [-0.25, -0.2) is 0 Å². The van der Waals surface area contributed by atoms with Gasteiger partial charge in [0, 0.05) is 50.4 Å². The fraction of sp³-hybridized carbons (Fsp3) is 0.650. The van der Waals surface area contributed by atoms with Gasteiger partial charge in [-0.15, -0.1) is 0 Å². The predicted octanol–water partition coefficient (Wildman–Crippen LogP) is 3.06. The third-order valence-electron chi connectivity index (χ3n) is 5.07. The van der Waals surface area contributed by atoms with Crippen molar-refractivity contribution in [3.63, 3.8) is 0 Å². The average molecular weight is 332 g/mol. The molecule has 1 aromatic rings. The van der Waals surface area contributed by atoms with Crippen molar-refractivity contribution in [2.75, 3.05) is 37.6 Å². The number of carbonyl (C=O) groups is 1. The zero-order chi connectivity index (χ0) is 17.5. The number of anilines is 1. The van der Waals surface area contributed by atoms with Crippen LogP contribution >= 0.6 is 0 Å². The monoisotopic (exact) mass is 331 g/mol. The Morgan fingerprint density at radius 2 is 1.92 bits per heavy atom. The molecular formula is C20H33N3O. The van der Waals surface area contributed by atoms with Crippen molar-refractivity contribution in [3.8, 4) is 0 Å². The second kappa shape index (κ2) is 9.07. The molecule has 24 heavy (non-hydrogen) atoms. The molecule has 0 aliphatic carbocycles. The molecule has 0 spiro atoms. The lowest BCUT2D eigenvalue weighted by Crippen LogP contribution is -2.47. The van der Waals surface area contributed by atoms with E-state index in [2.05, 4.69) is 60.2 Å². The summed E-state index contributed by atoms with van der Waals surface area (Å²) in [6, 6.07) is 9.01. The van der Waals surface area contributed by atoms with E-state index in [-0.39, 0.29) is 17.9 Å². The van der Waals surface area contributed by atoms with E-state index in [0.717, 1.165) is 45.6 Å². The maximum atomic E-state index is 11.9. The lowest BCUT2D eigenvalue weighted by atomic mass is 10.1. The van der Waals surface area contributed by atoms with Crippen molar-refractivity contribution < 1.29 is 4.79 Å². The molecule has 0 radical (unpaired) electrons. The summed E-state index contributed by atoms with van der Waals surface area (Å²) in [7, 11) is 0. The molecule has 0 saturated carbocycles. The maximum absolute atomic E-state index is 11.9. The molecule has 1 N–H and O–H groups in total. The number of nitrogens with one attached hydrogen (secondary N) is 1. The van der Waals surface area contributed by atoms with E-state index < -0.39 is 0 Å². The fourth-order valence-electron chi connectivity index (χ4n) is 3.07. The number of hydrogen-bond donors (Lipinski definition) is 1. The molecule has 1 fully saturated rings. The van der Waals surface area contributed by atoms with Crippen molar-refractivity contribution in [2.45, 2.75) is 46.6 Å². The third-order valence-corrected chi connectivity index (χ3v) is 5.07. The minimum atomic E-state index is 0.116. The molecule has 1 aliphatic rings. The van der Waals surface area contributed by atoms with Crippen LogP contribution in [0.5, 0.6) is 0 Å². The van der Waals surface area contributed by atoms with Crippen LogP contribution in [0.15, 0.2) is 24.3 Å². The number of benzene rings is 1. The first-order valence-electron chi connectivity index (χ1n) is 9.34. The molecule has 0 bridgehead atoms. The molecule has 4 heteroatoms. The Bertz CT molecular complexity index is 523. The number of hydrogen-bond acceptors (Lipinski definition) is 3. The highest BCUT2D eigenvalue weighted by Crippen LogP contribution is 2.18. The smallest absolute Gasteiger partial charge is 0.223 e. The second-order valence-corrected chi connectivity index (χ2v) is 7.18. The lowest BCUT2D eigenvalue weighted by Gasteiger charge is -2.36. The molecule has 1 amide bonds. The van der Waals surface area contributed by atoms with E-state index in [1.165, 1.54) is 11.3 Å². The fourth-order valence-corrected chi connectivity index (χ4v) is 3.07. The first-order chi connectivity index (χ1) is 11.5. The van der Waals surface area contributed by atoms with Crippen LogP contribution in [0, 0.1) is 12.8 Å². The van der Waals surface area contributed by atoms with Gasteiger partial charge in [0.25, 0.3) is 0 Å². The van der Waals surface area contributed by atoms with Gasteiger partial charge in [-0.2, -0.15) is 0 Å².